The number of nitrogens with one attached hydrogen (secondary N) is 2. The van der Waals surface area contributed by atoms with E-state index in [2.05, 4.69) is 20.5 Å². The van der Waals surface area contributed by atoms with Crippen LogP contribution in [0.3, 0.4) is 0 Å². The number of carbonyl (C=O) groups is 2. The Kier molecular flexibility index (Phi) is 7.76. The molecule has 0 bridgehead atoms. The van der Waals surface area contributed by atoms with Gasteiger partial charge in [-0.3, -0.25) is 14.5 Å². The van der Waals surface area contributed by atoms with Gasteiger partial charge in [-0.2, -0.15) is 0 Å². The Morgan fingerprint density at radius 3 is 2.38 bits per heavy atom. The molecule has 1 saturated heterocycles. The van der Waals surface area contributed by atoms with Crippen molar-refractivity contribution in [3.8, 4) is 0 Å². The molecule has 2 amide bonds. The molecule has 178 valence electrons. The van der Waals surface area contributed by atoms with Gasteiger partial charge in [-0.1, -0.05) is 30.3 Å². The fourth-order valence-corrected chi connectivity index (χ4v) is 4.43. The van der Waals surface area contributed by atoms with E-state index in [1.807, 2.05) is 78.5 Å². The Hall–Kier alpha value is -3.43. The standard InChI is InChI=1S/C25H30N6O2S/c1-29(2)21-10-8-20(9-11-21)27-23(32)17-30-12-14-31(15-13-30)24(33)22-18-34-25(28-22)26-16-19-6-4-3-5-7-19/h3-11,18H,12-17H2,1-2H3,(H,26,28)(H,27,32). The van der Waals surface area contributed by atoms with Crippen molar-refractivity contribution in [2.24, 2.45) is 0 Å². The van der Waals surface area contributed by atoms with Crippen LogP contribution in [0.25, 0.3) is 0 Å². The van der Waals surface area contributed by atoms with Crippen LogP contribution < -0.4 is 15.5 Å². The zero-order valence-electron chi connectivity index (χ0n) is 19.5. The first-order valence-electron chi connectivity index (χ1n) is 11.3. The quantitative estimate of drug-likeness (QED) is 0.518. The Morgan fingerprint density at radius 1 is 1.00 bits per heavy atom. The summed E-state index contributed by atoms with van der Waals surface area (Å²) >= 11 is 1.44. The molecule has 0 radical (unpaired) electrons. The highest BCUT2D eigenvalue weighted by Gasteiger charge is 2.25. The summed E-state index contributed by atoms with van der Waals surface area (Å²) in [4.78, 5) is 35.7. The molecular weight excluding hydrogens is 448 g/mol. The van der Waals surface area contributed by atoms with Crippen molar-refractivity contribution in [1.29, 1.82) is 0 Å². The number of anilines is 3. The lowest BCUT2D eigenvalue weighted by molar-refractivity contribution is -0.117. The lowest BCUT2D eigenvalue weighted by atomic mass is 10.2. The van der Waals surface area contributed by atoms with Crippen LogP contribution in [0, 0.1) is 0 Å². The van der Waals surface area contributed by atoms with Crippen molar-refractivity contribution in [2.75, 3.05) is 62.4 Å². The number of amides is 2. The molecule has 0 spiro atoms. The lowest BCUT2D eigenvalue weighted by Gasteiger charge is -2.33. The van der Waals surface area contributed by atoms with Gasteiger partial charge >= 0.3 is 0 Å². The molecule has 1 aromatic heterocycles. The van der Waals surface area contributed by atoms with E-state index in [0.29, 0.717) is 45.0 Å². The van der Waals surface area contributed by atoms with Crippen LogP contribution in [0.15, 0.2) is 60.0 Å². The molecule has 8 nitrogen and oxygen atoms in total. The van der Waals surface area contributed by atoms with Gasteiger partial charge in [0.15, 0.2) is 5.13 Å². The van der Waals surface area contributed by atoms with Crippen molar-refractivity contribution >= 4 is 39.7 Å². The zero-order chi connectivity index (χ0) is 23.9. The Balaban J connectivity index is 1.21. The molecule has 9 heteroatoms. The van der Waals surface area contributed by atoms with E-state index in [9.17, 15) is 9.59 Å². The lowest BCUT2D eigenvalue weighted by Crippen LogP contribution is -2.50. The molecule has 4 rings (SSSR count). The van der Waals surface area contributed by atoms with E-state index in [-0.39, 0.29) is 11.8 Å². The van der Waals surface area contributed by atoms with Gasteiger partial charge in [0.25, 0.3) is 5.91 Å². The first kappa shape index (κ1) is 23.7. The summed E-state index contributed by atoms with van der Waals surface area (Å²) in [5, 5.41) is 8.76. The fourth-order valence-electron chi connectivity index (χ4n) is 3.74. The van der Waals surface area contributed by atoms with Gasteiger partial charge in [-0.25, -0.2) is 4.98 Å². The van der Waals surface area contributed by atoms with Crippen LogP contribution >= 0.6 is 11.3 Å². The zero-order valence-corrected chi connectivity index (χ0v) is 20.3. The molecule has 1 aliphatic rings. The van der Waals surface area contributed by atoms with Crippen molar-refractivity contribution < 1.29 is 9.59 Å². The van der Waals surface area contributed by atoms with E-state index in [1.54, 1.807) is 5.38 Å². The Morgan fingerprint density at radius 2 is 1.71 bits per heavy atom. The number of benzene rings is 2. The maximum Gasteiger partial charge on any atom is 0.273 e. The maximum absolute atomic E-state index is 12.9. The Labute approximate surface area is 204 Å². The highest BCUT2D eigenvalue weighted by Crippen LogP contribution is 2.19. The van der Waals surface area contributed by atoms with Crippen molar-refractivity contribution in [3.05, 3.63) is 71.2 Å². The van der Waals surface area contributed by atoms with Gasteiger partial charge in [-0.15, -0.1) is 11.3 Å². The summed E-state index contributed by atoms with van der Waals surface area (Å²) in [6, 6.07) is 17.8. The van der Waals surface area contributed by atoms with Crippen LogP contribution in [0.1, 0.15) is 16.1 Å². The van der Waals surface area contributed by atoms with E-state index in [0.717, 1.165) is 22.1 Å². The summed E-state index contributed by atoms with van der Waals surface area (Å²) in [7, 11) is 3.96. The predicted octanol–water partition coefficient (Wildman–Crippen LogP) is 3.22. The van der Waals surface area contributed by atoms with Crippen LogP contribution in [0.5, 0.6) is 0 Å². The molecule has 0 unspecified atom stereocenters. The van der Waals surface area contributed by atoms with Crippen LogP contribution in [0.4, 0.5) is 16.5 Å². The number of piperazine rings is 1. The average molecular weight is 479 g/mol. The monoisotopic (exact) mass is 478 g/mol. The Bertz CT molecular complexity index is 1090. The molecule has 0 atom stereocenters. The van der Waals surface area contributed by atoms with Crippen molar-refractivity contribution in [2.45, 2.75) is 6.54 Å². The van der Waals surface area contributed by atoms with Gasteiger partial charge in [-0.05, 0) is 29.8 Å². The van der Waals surface area contributed by atoms with Crippen molar-refractivity contribution in [1.82, 2.24) is 14.8 Å². The van der Waals surface area contributed by atoms with Crippen LogP contribution in [-0.2, 0) is 11.3 Å². The third-order valence-corrected chi connectivity index (χ3v) is 6.50. The minimum Gasteiger partial charge on any atom is -0.378 e. The smallest absolute Gasteiger partial charge is 0.273 e. The second-order valence-corrected chi connectivity index (χ2v) is 9.29. The highest BCUT2D eigenvalue weighted by molar-refractivity contribution is 7.13. The highest BCUT2D eigenvalue weighted by atomic mass is 32.1. The fraction of sp³-hybridized carbons (Fsp3) is 0.320. The number of rotatable bonds is 8. The van der Waals surface area contributed by atoms with E-state index in [1.165, 1.54) is 11.3 Å². The van der Waals surface area contributed by atoms with Crippen molar-refractivity contribution in [3.63, 3.8) is 0 Å². The largest absolute Gasteiger partial charge is 0.378 e. The summed E-state index contributed by atoms with van der Waals surface area (Å²) < 4.78 is 0. The number of hydrogen-bond acceptors (Lipinski definition) is 7. The molecular formula is C25H30N6O2S. The van der Waals surface area contributed by atoms with Crippen LogP contribution in [0.2, 0.25) is 0 Å². The molecule has 0 aliphatic carbocycles. The summed E-state index contributed by atoms with van der Waals surface area (Å²) in [6.45, 7) is 3.44. The number of hydrogen-bond donors (Lipinski definition) is 2. The minimum absolute atomic E-state index is 0.0500. The first-order valence-corrected chi connectivity index (χ1v) is 12.2. The summed E-state index contributed by atoms with van der Waals surface area (Å²) in [6.07, 6.45) is 0. The molecule has 34 heavy (non-hydrogen) atoms. The number of nitrogens with zero attached hydrogens (tertiary/aromatic N) is 4. The minimum atomic E-state index is -0.0610. The van der Waals surface area contributed by atoms with E-state index in [4.69, 9.17) is 0 Å². The summed E-state index contributed by atoms with van der Waals surface area (Å²) in [5.41, 5.74) is 3.49. The molecule has 1 fully saturated rings. The van der Waals surface area contributed by atoms with Gasteiger partial charge in [0, 0.05) is 63.6 Å². The van der Waals surface area contributed by atoms with Gasteiger partial charge in [0.2, 0.25) is 5.91 Å². The van der Waals surface area contributed by atoms with Crippen LogP contribution in [-0.4, -0.2) is 73.4 Å². The van der Waals surface area contributed by atoms with E-state index < -0.39 is 0 Å². The molecule has 2 N–H and O–H groups in total. The van der Waals surface area contributed by atoms with Gasteiger partial charge < -0.3 is 20.4 Å². The van der Waals surface area contributed by atoms with E-state index >= 15 is 0 Å². The number of aromatic nitrogens is 1. The molecule has 1 aliphatic heterocycles. The topological polar surface area (TPSA) is 80.8 Å². The third-order valence-electron chi connectivity index (χ3n) is 5.70. The molecule has 2 aromatic carbocycles. The molecule has 0 saturated carbocycles. The second kappa shape index (κ2) is 11.1. The third kappa shape index (κ3) is 6.33. The predicted molar refractivity (Wildman–Crippen MR) is 138 cm³/mol. The SMILES string of the molecule is CN(C)c1ccc(NC(=O)CN2CCN(C(=O)c3csc(NCc4ccccc4)n3)CC2)cc1. The molecule has 3 aromatic rings. The maximum atomic E-state index is 12.9. The number of carbonyl (C=O) groups excluding carboxylic acids is 2. The second-order valence-electron chi connectivity index (χ2n) is 8.43. The van der Waals surface area contributed by atoms with Gasteiger partial charge in [0.1, 0.15) is 5.69 Å². The molecule has 2 heterocycles. The average Bonchev–Trinajstić information content (AvgIpc) is 3.33. The normalized spacial score (nSPS) is 14.0. The summed E-state index contributed by atoms with van der Waals surface area (Å²) in [5.74, 6) is -0.111. The number of thiazole rings is 1. The van der Waals surface area contributed by atoms with Gasteiger partial charge in [0.05, 0.1) is 6.54 Å². The first-order chi connectivity index (χ1) is 16.5.